The third kappa shape index (κ3) is 3.61. The number of alkyl halides is 3. The fourth-order valence-electron chi connectivity index (χ4n) is 1.22. The Morgan fingerprint density at radius 3 is 2.40 bits per heavy atom. The van der Waals surface area contributed by atoms with Crippen molar-refractivity contribution >= 4 is 23.4 Å². The van der Waals surface area contributed by atoms with Crippen LogP contribution in [0, 0.1) is 6.07 Å². The molecule has 0 aromatic heterocycles. The fourth-order valence-corrected chi connectivity index (χ4v) is 2.48. The molecule has 5 heteroatoms. The molecule has 1 radical (unpaired) electrons. The van der Waals surface area contributed by atoms with Crippen molar-refractivity contribution in [3.05, 3.63) is 34.9 Å². The van der Waals surface area contributed by atoms with Crippen LogP contribution in [0.3, 0.4) is 0 Å². The first kappa shape index (κ1) is 12.7. The maximum absolute atomic E-state index is 12.3. The van der Waals surface area contributed by atoms with E-state index >= 15 is 0 Å². The molecule has 83 valence electrons. The summed E-state index contributed by atoms with van der Waals surface area (Å²) in [5.74, 6) is 0. The van der Waals surface area contributed by atoms with Gasteiger partial charge in [0.25, 0.3) is 0 Å². The molecule has 0 nitrogen and oxygen atoms in total. The smallest absolute Gasteiger partial charge is 0.160 e. The van der Waals surface area contributed by atoms with Crippen LogP contribution < -0.4 is 0 Å². The van der Waals surface area contributed by atoms with Crippen LogP contribution in [0.5, 0.6) is 0 Å². The van der Waals surface area contributed by atoms with Gasteiger partial charge in [0.1, 0.15) is 0 Å². The van der Waals surface area contributed by atoms with Gasteiger partial charge in [0.15, 0.2) is 0 Å². The molecular weight excluding hydrogens is 245 g/mol. The van der Waals surface area contributed by atoms with Crippen LogP contribution >= 0.6 is 23.4 Å². The number of halogens is 4. The van der Waals surface area contributed by atoms with Gasteiger partial charge < -0.3 is 0 Å². The zero-order chi connectivity index (χ0) is 11.7. The van der Waals surface area contributed by atoms with E-state index in [-0.39, 0.29) is 11.8 Å². The number of thioether (sulfide) groups is 1. The Kier molecular flexibility index (Phi) is 3.61. The van der Waals surface area contributed by atoms with Crippen molar-refractivity contribution in [1.82, 2.24) is 0 Å². The first-order valence-corrected chi connectivity index (χ1v) is 5.35. The van der Waals surface area contributed by atoms with E-state index in [9.17, 15) is 13.2 Å². The third-order valence-electron chi connectivity index (χ3n) is 1.83. The van der Waals surface area contributed by atoms with E-state index in [0.29, 0.717) is 10.6 Å². The van der Waals surface area contributed by atoms with E-state index in [2.05, 4.69) is 6.07 Å². The summed E-state index contributed by atoms with van der Waals surface area (Å²) in [5.41, 5.74) is -3.84. The number of rotatable bonds is 2. The lowest BCUT2D eigenvalue weighted by Gasteiger charge is -2.26. The Morgan fingerprint density at radius 2 is 1.93 bits per heavy atom. The summed E-state index contributed by atoms with van der Waals surface area (Å²) in [7, 11) is 0. The molecule has 0 spiro atoms. The van der Waals surface area contributed by atoms with Gasteiger partial charge in [-0.05, 0) is 49.4 Å². The van der Waals surface area contributed by atoms with E-state index in [1.807, 2.05) is 0 Å². The molecule has 0 unspecified atom stereocenters. The molecule has 1 aromatic carbocycles. The van der Waals surface area contributed by atoms with E-state index in [4.69, 9.17) is 11.6 Å². The van der Waals surface area contributed by atoms with Crippen LogP contribution in [-0.2, 0) is 4.75 Å². The summed E-state index contributed by atoms with van der Waals surface area (Å²) in [5, 5.41) is 0.329. The standard InChI is InChI=1S/C10H9ClF3S/c1-9(2,15-10(12,13)14)7-5-3-4-6-8(7)11/h4-6H,1-2H3. The molecule has 0 N–H and O–H groups in total. The summed E-state index contributed by atoms with van der Waals surface area (Å²) >= 11 is 5.76. The Balaban J connectivity index is 3.01. The Bertz CT molecular complexity index is 347. The monoisotopic (exact) mass is 253 g/mol. The Labute approximate surface area is 95.8 Å². The summed E-state index contributed by atoms with van der Waals surface area (Å²) in [4.78, 5) is 0. The Hall–Kier alpha value is -0.350. The average molecular weight is 254 g/mol. The van der Waals surface area contributed by atoms with Gasteiger partial charge in [0.05, 0.1) is 0 Å². The van der Waals surface area contributed by atoms with Gasteiger partial charge in [-0.25, -0.2) is 0 Å². The molecule has 1 aromatic rings. The molecule has 0 aliphatic heterocycles. The highest BCUT2D eigenvalue weighted by Crippen LogP contribution is 2.47. The number of benzene rings is 1. The van der Waals surface area contributed by atoms with Crippen LogP contribution in [-0.4, -0.2) is 5.51 Å². The van der Waals surface area contributed by atoms with E-state index in [1.165, 1.54) is 26.0 Å². The van der Waals surface area contributed by atoms with Gasteiger partial charge in [-0.3, -0.25) is 0 Å². The van der Waals surface area contributed by atoms with Crippen molar-refractivity contribution in [3.63, 3.8) is 0 Å². The topological polar surface area (TPSA) is 0 Å². The lowest BCUT2D eigenvalue weighted by atomic mass is 10.0. The second kappa shape index (κ2) is 4.26. The highest BCUT2D eigenvalue weighted by Gasteiger charge is 2.39. The minimum absolute atomic E-state index is 0.0781. The average Bonchev–Trinajstić information content (AvgIpc) is 1.99. The van der Waals surface area contributed by atoms with Crippen molar-refractivity contribution in [2.75, 3.05) is 0 Å². The highest BCUT2D eigenvalue weighted by molar-refractivity contribution is 8.01. The molecule has 0 bridgehead atoms. The van der Waals surface area contributed by atoms with E-state index in [0.717, 1.165) is 0 Å². The maximum Gasteiger partial charge on any atom is 0.442 e. The van der Waals surface area contributed by atoms with Gasteiger partial charge in [-0.15, -0.1) is 0 Å². The zero-order valence-electron chi connectivity index (χ0n) is 8.15. The summed E-state index contributed by atoms with van der Waals surface area (Å²) in [6.07, 6.45) is 0. The van der Waals surface area contributed by atoms with Crippen LogP contribution in [0.1, 0.15) is 19.4 Å². The van der Waals surface area contributed by atoms with Crippen LogP contribution in [0.4, 0.5) is 13.2 Å². The van der Waals surface area contributed by atoms with Crippen molar-refractivity contribution in [3.8, 4) is 0 Å². The molecule has 0 atom stereocenters. The first-order chi connectivity index (χ1) is 6.72. The number of hydrogen-bond donors (Lipinski definition) is 0. The lowest BCUT2D eigenvalue weighted by Crippen LogP contribution is -2.19. The summed E-state index contributed by atoms with van der Waals surface area (Å²) in [6.45, 7) is 2.97. The normalized spacial score (nSPS) is 12.9. The third-order valence-corrected chi connectivity index (χ3v) is 3.12. The molecule has 1 rings (SSSR count). The molecule has 0 saturated carbocycles. The summed E-state index contributed by atoms with van der Waals surface area (Å²) < 4.78 is 35.7. The van der Waals surface area contributed by atoms with Gasteiger partial charge >= 0.3 is 5.51 Å². The van der Waals surface area contributed by atoms with Crippen molar-refractivity contribution < 1.29 is 13.2 Å². The number of hydrogen-bond acceptors (Lipinski definition) is 1. The first-order valence-electron chi connectivity index (χ1n) is 4.15. The molecule has 0 heterocycles. The van der Waals surface area contributed by atoms with Crippen molar-refractivity contribution in [1.29, 1.82) is 0 Å². The second-order valence-electron chi connectivity index (χ2n) is 3.46. The largest absolute Gasteiger partial charge is 0.442 e. The minimum Gasteiger partial charge on any atom is -0.160 e. The van der Waals surface area contributed by atoms with Crippen LogP contribution in [0.25, 0.3) is 0 Å². The molecule has 0 aliphatic rings. The SMILES string of the molecule is CC(C)(SC(F)(F)F)c1c[c]ccc1Cl. The quantitative estimate of drug-likeness (QED) is 0.741. The zero-order valence-corrected chi connectivity index (χ0v) is 9.72. The van der Waals surface area contributed by atoms with Crippen molar-refractivity contribution in [2.24, 2.45) is 0 Å². The fraction of sp³-hybridized carbons (Fsp3) is 0.400. The molecule has 0 fully saturated rings. The summed E-state index contributed by atoms with van der Waals surface area (Å²) in [6, 6.07) is 7.32. The maximum atomic E-state index is 12.3. The van der Waals surface area contributed by atoms with Crippen LogP contribution in [0.2, 0.25) is 5.02 Å². The van der Waals surface area contributed by atoms with E-state index in [1.54, 1.807) is 6.07 Å². The van der Waals surface area contributed by atoms with Crippen molar-refractivity contribution in [2.45, 2.75) is 24.1 Å². The van der Waals surface area contributed by atoms with Gasteiger partial charge in [-0.2, -0.15) is 13.2 Å². The highest BCUT2D eigenvalue weighted by atomic mass is 35.5. The predicted octanol–water partition coefficient (Wildman–Crippen LogP) is 4.63. The molecule has 0 amide bonds. The van der Waals surface area contributed by atoms with Gasteiger partial charge in [0.2, 0.25) is 0 Å². The minimum atomic E-state index is -4.28. The lowest BCUT2D eigenvalue weighted by molar-refractivity contribution is -0.0341. The molecule has 0 aliphatic carbocycles. The molecular formula is C10H9ClF3S. The van der Waals surface area contributed by atoms with E-state index < -0.39 is 10.3 Å². The molecule has 15 heavy (non-hydrogen) atoms. The van der Waals surface area contributed by atoms with Gasteiger partial charge in [0, 0.05) is 9.77 Å². The molecule has 0 saturated heterocycles. The van der Waals surface area contributed by atoms with Crippen LogP contribution in [0.15, 0.2) is 18.2 Å². The second-order valence-corrected chi connectivity index (χ2v) is 5.56. The Morgan fingerprint density at radius 1 is 1.33 bits per heavy atom. The van der Waals surface area contributed by atoms with Gasteiger partial charge in [-0.1, -0.05) is 17.7 Å². The predicted molar refractivity (Wildman–Crippen MR) is 57.0 cm³/mol.